The molecule has 21 heavy (non-hydrogen) atoms. The number of ether oxygens (including phenoxy) is 2. The van der Waals surface area contributed by atoms with Gasteiger partial charge in [-0.1, -0.05) is 48.9 Å². The lowest BCUT2D eigenvalue weighted by atomic mass is 10.1. The van der Waals surface area contributed by atoms with E-state index in [4.69, 9.17) is 21.1 Å². The fourth-order valence-corrected chi connectivity index (χ4v) is 2.29. The zero-order chi connectivity index (χ0) is 15.1. The Bertz CT molecular complexity index is 573. The van der Waals surface area contributed by atoms with Gasteiger partial charge in [-0.3, -0.25) is 0 Å². The second-order valence-corrected chi connectivity index (χ2v) is 5.09. The Morgan fingerprint density at radius 2 is 1.90 bits per heavy atom. The Hall–Kier alpha value is -1.71. The number of hydrogen-bond acceptors (Lipinski definition) is 3. The van der Waals surface area contributed by atoms with E-state index in [2.05, 4.69) is 12.2 Å². The minimum absolute atomic E-state index is 0.498. The topological polar surface area (TPSA) is 30.5 Å². The molecule has 0 aliphatic carbocycles. The summed E-state index contributed by atoms with van der Waals surface area (Å²) in [6.45, 7) is 4.13. The molecule has 0 bridgehead atoms. The van der Waals surface area contributed by atoms with Crippen molar-refractivity contribution in [3.8, 4) is 11.5 Å². The van der Waals surface area contributed by atoms with Crippen molar-refractivity contribution in [3.05, 3.63) is 58.6 Å². The summed E-state index contributed by atoms with van der Waals surface area (Å²) in [5.74, 6) is 1.40. The van der Waals surface area contributed by atoms with Gasteiger partial charge in [0.2, 0.25) is 0 Å². The summed E-state index contributed by atoms with van der Waals surface area (Å²) < 4.78 is 11.4. The second-order valence-electron chi connectivity index (χ2n) is 4.65. The molecule has 2 rings (SSSR count). The average molecular weight is 306 g/mol. The van der Waals surface area contributed by atoms with Crippen LogP contribution in [0.1, 0.15) is 18.1 Å². The van der Waals surface area contributed by atoms with E-state index >= 15 is 0 Å². The highest BCUT2D eigenvalue weighted by atomic mass is 35.5. The molecule has 0 aromatic heterocycles. The summed E-state index contributed by atoms with van der Waals surface area (Å²) in [7, 11) is 1.62. The minimum Gasteiger partial charge on any atom is -0.493 e. The third-order valence-corrected chi connectivity index (χ3v) is 3.33. The van der Waals surface area contributed by atoms with Crippen LogP contribution in [-0.2, 0) is 13.2 Å². The van der Waals surface area contributed by atoms with Crippen molar-refractivity contribution in [1.82, 2.24) is 5.32 Å². The quantitative estimate of drug-likeness (QED) is 0.837. The summed E-state index contributed by atoms with van der Waals surface area (Å²) in [5.41, 5.74) is 2.11. The molecule has 0 heterocycles. The molecule has 2 aromatic carbocycles. The van der Waals surface area contributed by atoms with Crippen molar-refractivity contribution in [3.63, 3.8) is 0 Å². The minimum atomic E-state index is 0.498. The number of benzene rings is 2. The van der Waals surface area contributed by atoms with Crippen molar-refractivity contribution >= 4 is 11.6 Å². The van der Waals surface area contributed by atoms with Crippen LogP contribution in [0.25, 0.3) is 0 Å². The maximum absolute atomic E-state index is 6.13. The van der Waals surface area contributed by atoms with Gasteiger partial charge >= 0.3 is 0 Å². The third-order valence-electron chi connectivity index (χ3n) is 3.11. The Balaban J connectivity index is 2.22. The van der Waals surface area contributed by atoms with Gasteiger partial charge in [0.1, 0.15) is 6.61 Å². The van der Waals surface area contributed by atoms with E-state index in [-0.39, 0.29) is 0 Å². The number of nitrogens with one attached hydrogen (secondary N) is 1. The van der Waals surface area contributed by atoms with Gasteiger partial charge in [-0.15, -0.1) is 0 Å². The van der Waals surface area contributed by atoms with Gasteiger partial charge in [-0.05, 0) is 18.2 Å². The first-order valence-electron chi connectivity index (χ1n) is 6.98. The molecule has 0 aliphatic heterocycles. The summed E-state index contributed by atoms with van der Waals surface area (Å²) in [6.07, 6.45) is 0. The fraction of sp³-hybridized carbons (Fsp3) is 0.294. The lowest BCUT2D eigenvalue weighted by Gasteiger charge is -2.16. The van der Waals surface area contributed by atoms with Crippen LogP contribution in [0.4, 0.5) is 0 Å². The first-order valence-corrected chi connectivity index (χ1v) is 7.36. The first-order chi connectivity index (χ1) is 10.2. The predicted molar refractivity (Wildman–Crippen MR) is 86.2 cm³/mol. The largest absolute Gasteiger partial charge is 0.493 e. The van der Waals surface area contributed by atoms with Gasteiger partial charge in [-0.25, -0.2) is 0 Å². The third kappa shape index (κ3) is 4.38. The van der Waals surface area contributed by atoms with Crippen molar-refractivity contribution in [2.45, 2.75) is 20.1 Å². The van der Waals surface area contributed by atoms with Crippen molar-refractivity contribution < 1.29 is 9.47 Å². The Labute approximate surface area is 130 Å². The molecule has 0 spiro atoms. The second kappa shape index (κ2) is 7.91. The van der Waals surface area contributed by atoms with Gasteiger partial charge in [0.25, 0.3) is 0 Å². The van der Waals surface area contributed by atoms with E-state index in [1.807, 2.05) is 36.4 Å². The molecule has 0 fully saturated rings. The highest BCUT2D eigenvalue weighted by Gasteiger charge is 2.13. The molecule has 0 radical (unpaired) electrons. The van der Waals surface area contributed by atoms with E-state index in [0.717, 1.165) is 23.4 Å². The van der Waals surface area contributed by atoms with Crippen LogP contribution >= 0.6 is 11.6 Å². The fourth-order valence-electron chi connectivity index (χ4n) is 2.06. The van der Waals surface area contributed by atoms with E-state index in [0.29, 0.717) is 23.9 Å². The zero-order valence-electron chi connectivity index (χ0n) is 12.4. The molecule has 0 aliphatic rings. The number of hydrogen-bond donors (Lipinski definition) is 1. The maximum Gasteiger partial charge on any atom is 0.166 e. The summed E-state index contributed by atoms with van der Waals surface area (Å²) in [4.78, 5) is 0. The number of methoxy groups -OCH3 is 1. The monoisotopic (exact) mass is 305 g/mol. The smallest absolute Gasteiger partial charge is 0.166 e. The molecule has 0 saturated carbocycles. The van der Waals surface area contributed by atoms with Crippen LogP contribution in [0.15, 0.2) is 42.5 Å². The van der Waals surface area contributed by atoms with Crippen molar-refractivity contribution in [2.24, 2.45) is 0 Å². The van der Waals surface area contributed by atoms with E-state index < -0.39 is 0 Å². The van der Waals surface area contributed by atoms with Gasteiger partial charge < -0.3 is 14.8 Å². The molecule has 1 N–H and O–H groups in total. The molecule has 0 amide bonds. The van der Waals surface area contributed by atoms with Crippen LogP contribution in [0.3, 0.4) is 0 Å². The highest BCUT2D eigenvalue weighted by molar-refractivity contribution is 6.30. The van der Waals surface area contributed by atoms with Crippen molar-refractivity contribution in [1.29, 1.82) is 0 Å². The highest BCUT2D eigenvalue weighted by Crippen LogP contribution is 2.35. The van der Waals surface area contributed by atoms with Crippen LogP contribution in [0.5, 0.6) is 11.5 Å². The van der Waals surface area contributed by atoms with Crippen LogP contribution < -0.4 is 14.8 Å². The van der Waals surface area contributed by atoms with Crippen LogP contribution in [0, 0.1) is 0 Å². The van der Waals surface area contributed by atoms with E-state index in [9.17, 15) is 0 Å². The molecular weight excluding hydrogens is 286 g/mol. The van der Waals surface area contributed by atoms with Crippen LogP contribution in [-0.4, -0.2) is 13.7 Å². The maximum atomic E-state index is 6.13. The summed E-state index contributed by atoms with van der Waals surface area (Å²) in [5, 5.41) is 3.93. The summed E-state index contributed by atoms with van der Waals surface area (Å²) >= 11 is 6.13. The Kier molecular flexibility index (Phi) is 5.90. The van der Waals surface area contributed by atoms with E-state index in [1.165, 1.54) is 0 Å². The molecule has 0 saturated heterocycles. The first kappa shape index (κ1) is 15.7. The molecule has 4 heteroatoms. The number of halogens is 1. The van der Waals surface area contributed by atoms with Gasteiger partial charge in [0.05, 0.1) is 7.11 Å². The molecule has 2 aromatic rings. The van der Waals surface area contributed by atoms with Gasteiger partial charge in [-0.2, -0.15) is 0 Å². The summed E-state index contributed by atoms with van der Waals surface area (Å²) in [6, 6.07) is 13.7. The van der Waals surface area contributed by atoms with E-state index in [1.54, 1.807) is 13.2 Å². The lowest BCUT2D eigenvalue weighted by Crippen LogP contribution is -2.13. The predicted octanol–water partition coefficient (Wildman–Crippen LogP) is 4.04. The van der Waals surface area contributed by atoms with Gasteiger partial charge in [0, 0.05) is 23.2 Å². The number of rotatable bonds is 7. The molecule has 112 valence electrons. The average Bonchev–Trinajstić information content (AvgIpc) is 2.52. The molecule has 0 atom stereocenters. The molecule has 0 unspecified atom stereocenters. The Morgan fingerprint density at radius 3 is 2.57 bits per heavy atom. The lowest BCUT2D eigenvalue weighted by molar-refractivity contribution is 0.281. The normalized spacial score (nSPS) is 10.4. The Morgan fingerprint density at radius 1 is 1.14 bits per heavy atom. The van der Waals surface area contributed by atoms with Crippen LogP contribution in [0.2, 0.25) is 5.02 Å². The molecular formula is C17H20ClNO2. The molecule has 3 nitrogen and oxygen atoms in total. The van der Waals surface area contributed by atoms with Gasteiger partial charge in [0.15, 0.2) is 11.5 Å². The standard InChI is InChI=1S/C17H20ClNO2/c1-3-19-11-14-9-15(18)10-16(20-2)17(14)21-12-13-7-5-4-6-8-13/h4-10,19H,3,11-12H2,1-2H3. The van der Waals surface area contributed by atoms with Crippen molar-refractivity contribution in [2.75, 3.05) is 13.7 Å². The zero-order valence-corrected chi connectivity index (χ0v) is 13.1. The SMILES string of the molecule is CCNCc1cc(Cl)cc(OC)c1OCc1ccccc1.